The third kappa shape index (κ3) is 3.21. The number of pyridine rings is 2. The summed E-state index contributed by atoms with van der Waals surface area (Å²) in [6, 6.07) is 3.49. The van der Waals surface area contributed by atoms with Crippen molar-refractivity contribution >= 4 is 22.5 Å². The summed E-state index contributed by atoms with van der Waals surface area (Å²) < 4.78 is 20.1. The van der Waals surface area contributed by atoms with Crippen molar-refractivity contribution in [3.63, 3.8) is 0 Å². The summed E-state index contributed by atoms with van der Waals surface area (Å²) in [6.45, 7) is 2.25. The van der Waals surface area contributed by atoms with Crippen molar-refractivity contribution in [2.75, 3.05) is 0 Å². The number of aromatic nitrogens is 3. The maximum Gasteiger partial charge on any atom is 0.183 e. The summed E-state index contributed by atoms with van der Waals surface area (Å²) in [5.74, 6) is 0.531. The maximum absolute atomic E-state index is 14.2. The Labute approximate surface area is 150 Å². The molecule has 0 aromatic carbocycles. The first-order valence-corrected chi connectivity index (χ1v) is 8.94. The quantitative estimate of drug-likeness (QED) is 0.639. The number of aromatic amines is 1. The Morgan fingerprint density at radius 2 is 2.04 bits per heavy atom. The van der Waals surface area contributed by atoms with Crippen molar-refractivity contribution in [3.05, 3.63) is 41.7 Å². The Kier molecular flexibility index (Phi) is 4.34. The van der Waals surface area contributed by atoms with E-state index in [0.29, 0.717) is 10.8 Å². The third-order valence-corrected chi connectivity index (χ3v) is 5.19. The van der Waals surface area contributed by atoms with E-state index in [4.69, 9.17) is 16.3 Å². The summed E-state index contributed by atoms with van der Waals surface area (Å²) in [5.41, 5.74) is 2.27. The van der Waals surface area contributed by atoms with Gasteiger partial charge in [0, 0.05) is 29.4 Å². The average molecular weight is 360 g/mol. The Bertz CT molecular complexity index is 903. The van der Waals surface area contributed by atoms with Crippen LogP contribution >= 0.6 is 11.6 Å². The Balaban J connectivity index is 1.67. The van der Waals surface area contributed by atoms with E-state index in [-0.39, 0.29) is 11.9 Å². The van der Waals surface area contributed by atoms with E-state index in [1.165, 1.54) is 6.20 Å². The maximum atomic E-state index is 14.2. The van der Waals surface area contributed by atoms with E-state index < -0.39 is 5.82 Å². The number of rotatable bonds is 3. The van der Waals surface area contributed by atoms with E-state index in [1.807, 2.05) is 12.3 Å². The lowest BCUT2D eigenvalue weighted by atomic mass is 9.89. The predicted molar refractivity (Wildman–Crippen MR) is 96.3 cm³/mol. The van der Waals surface area contributed by atoms with Crippen LogP contribution in [-0.2, 0) is 0 Å². The predicted octanol–water partition coefficient (Wildman–Crippen LogP) is 5.37. The molecule has 1 aliphatic rings. The first-order chi connectivity index (χ1) is 12.1. The number of hydrogen-bond donors (Lipinski definition) is 1. The van der Waals surface area contributed by atoms with Crippen molar-refractivity contribution in [3.8, 4) is 17.0 Å². The lowest BCUT2D eigenvalue weighted by Crippen LogP contribution is -2.23. The molecule has 1 fully saturated rings. The topological polar surface area (TPSA) is 50.8 Å². The van der Waals surface area contributed by atoms with Gasteiger partial charge in [-0.2, -0.15) is 0 Å². The van der Waals surface area contributed by atoms with Crippen molar-refractivity contribution in [2.24, 2.45) is 5.92 Å². The van der Waals surface area contributed by atoms with Crippen LogP contribution < -0.4 is 4.74 Å². The van der Waals surface area contributed by atoms with Gasteiger partial charge in [0.15, 0.2) is 11.6 Å². The second kappa shape index (κ2) is 6.64. The van der Waals surface area contributed by atoms with Gasteiger partial charge in [-0.05, 0) is 37.7 Å². The molecule has 0 spiro atoms. The Hall–Kier alpha value is -2.14. The van der Waals surface area contributed by atoms with Crippen LogP contribution in [0.1, 0.15) is 32.6 Å². The van der Waals surface area contributed by atoms with Crippen molar-refractivity contribution in [1.29, 1.82) is 0 Å². The number of hydrogen-bond acceptors (Lipinski definition) is 3. The first-order valence-electron chi connectivity index (χ1n) is 8.56. The number of ether oxygens (including phenoxy) is 1. The molecule has 3 heterocycles. The van der Waals surface area contributed by atoms with Gasteiger partial charge < -0.3 is 9.72 Å². The van der Waals surface area contributed by atoms with E-state index in [1.54, 1.807) is 12.3 Å². The molecule has 6 heteroatoms. The van der Waals surface area contributed by atoms with Crippen LogP contribution in [0.2, 0.25) is 5.15 Å². The minimum atomic E-state index is -0.438. The number of nitrogens with one attached hydrogen (secondary N) is 1. The molecular weight excluding hydrogens is 341 g/mol. The molecule has 3 aromatic rings. The molecule has 25 heavy (non-hydrogen) atoms. The average Bonchev–Trinajstić information content (AvgIpc) is 3.04. The number of fused-ring (bicyclic) bond motifs is 1. The lowest BCUT2D eigenvalue weighted by molar-refractivity contribution is 0.130. The molecule has 3 aromatic heterocycles. The highest BCUT2D eigenvalue weighted by Gasteiger charge is 2.21. The second-order valence-electron chi connectivity index (χ2n) is 6.73. The van der Waals surface area contributed by atoms with Crippen LogP contribution in [0.15, 0.2) is 30.7 Å². The molecule has 130 valence electrons. The van der Waals surface area contributed by atoms with Gasteiger partial charge in [0.05, 0.1) is 23.5 Å². The summed E-state index contributed by atoms with van der Waals surface area (Å²) in [7, 11) is 0. The molecule has 0 aliphatic heterocycles. The zero-order valence-electron chi connectivity index (χ0n) is 13.9. The number of H-pyrrole nitrogens is 1. The highest BCUT2D eigenvalue weighted by molar-refractivity contribution is 6.35. The Morgan fingerprint density at radius 3 is 2.84 bits per heavy atom. The molecule has 1 saturated carbocycles. The van der Waals surface area contributed by atoms with Gasteiger partial charge in [-0.3, -0.25) is 4.98 Å². The molecule has 0 amide bonds. The van der Waals surface area contributed by atoms with Crippen molar-refractivity contribution < 1.29 is 9.13 Å². The molecule has 0 atom stereocenters. The highest BCUT2D eigenvalue weighted by Crippen LogP contribution is 2.34. The monoisotopic (exact) mass is 359 g/mol. The molecule has 4 rings (SSSR count). The minimum Gasteiger partial charge on any atom is -0.487 e. The van der Waals surface area contributed by atoms with Gasteiger partial charge in [-0.25, -0.2) is 9.37 Å². The fraction of sp³-hybridized carbons (Fsp3) is 0.368. The van der Waals surface area contributed by atoms with Crippen LogP contribution in [-0.4, -0.2) is 21.1 Å². The van der Waals surface area contributed by atoms with E-state index >= 15 is 0 Å². The molecule has 4 nitrogen and oxygen atoms in total. The largest absolute Gasteiger partial charge is 0.487 e. The van der Waals surface area contributed by atoms with Gasteiger partial charge in [-0.15, -0.1) is 0 Å². The molecule has 0 radical (unpaired) electrons. The lowest BCUT2D eigenvalue weighted by Gasteiger charge is -2.27. The minimum absolute atomic E-state index is 0.0640. The fourth-order valence-corrected chi connectivity index (χ4v) is 3.68. The molecule has 1 N–H and O–H groups in total. The fourth-order valence-electron chi connectivity index (χ4n) is 3.42. The van der Waals surface area contributed by atoms with Crippen molar-refractivity contribution in [1.82, 2.24) is 15.0 Å². The van der Waals surface area contributed by atoms with E-state index in [0.717, 1.165) is 48.1 Å². The molecule has 0 bridgehead atoms. The second-order valence-corrected chi connectivity index (χ2v) is 7.08. The SMILES string of the molecule is CC1CCC(Oc2cc(-c3c[nH]c4ccnc(Cl)c34)ncc2F)CC1. The van der Waals surface area contributed by atoms with Gasteiger partial charge in [0.2, 0.25) is 0 Å². The normalized spacial score (nSPS) is 20.8. The van der Waals surface area contributed by atoms with E-state index in [2.05, 4.69) is 21.9 Å². The third-order valence-electron chi connectivity index (χ3n) is 4.90. The summed E-state index contributed by atoms with van der Waals surface area (Å²) in [5, 5.41) is 1.17. The summed E-state index contributed by atoms with van der Waals surface area (Å²) >= 11 is 6.23. The number of nitrogens with zero attached hydrogens (tertiary/aromatic N) is 2. The smallest absolute Gasteiger partial charge is 0.183 e. The first kappa shape index (κ1) is 16.3. The van der Waals surface area contributed by atoms with Crippen LogP contribution in [0.3, 0.4) is 0 Å². The number of halogens is 2. The van der Waals surface area contributed by atoms with Crippen LogP contribution in [0.5, 0.6) is 5.75 Å². The van der Waals surface area contributed by atoms with Crippen molar-refractivity contribution in [2.45, 2.75) is 38.7 Å². The van der Waals surface area contributed by atoms with Crippen LogP contribution in [0, 0.1) is 11.7 Å². The molecule has 0 saturated heterocycles. The van der Waals surface area contributed by atoms with Crippen LogP contribution in [0.25, 0.3) is 22.2 Å². The van der Waals surface area contributed by atoms with Gasteiger partial charge in [0.25, 0.3) is 0 Å². The zero-order valence-corrected chi connectivity index (χ0v) is 14.7. The van der Waals surface area contributed by atoms with Gasteiger partial charge >= 0.3 is 0 Å². The summed E-state index contributed by atoms with van der Waals surface area (Å²) in [6.07, 6.45) is 8.88. The summed E-state index contributed by atoms with van der Waals surface area (Å²) in [4.78, 5) is 11.5. The molecule has 1 aliphatic carbocycles. The van der Waals surface area contributed by atoms with Crippen LogP contribution in [0.4, 0.5) is 4.39 Å². The standard InChI is InChI=1S/C19H19ClFN3O/c1-11-2-4-12(5-3-11)25-17-8-16(24-10-14(17)21)13-9-23-15-6-7-22-19(20)18(13)15/h6-12,23H,2-5H2,1H3. The molecule has 0 unspecified atom stereocenters. The molecular formula is C19H19ClFN3O. The Morgan fingerprint density at radius 1 is 1.24 bits per heavy atom. The van der Waals surface area contributed by atoms with Gasteiger partial charge in [0.1, 0.15) is 5.15 Å². The van der Waals surface area contributed by atoms with E-state index in [9.17, 15) is 4.39 Å². The van der Waals surface area contributed by atoms with Gasteiger partial charge in [-0.1, -0.05) is 18.5 Å². The highest BCUT2D eigenvalue weighted by atomic mass is 35.5. The zero-order chi connectivity index (χ0) is 17.4.